The van der Waals surface area contributed by atoms with Gasteiger partial charge in [-0.25, -0.2) is 17.5 Å². The zero-order valence-electron chi connectivity index (χ0n) is 16.4. The molecule has 4 aromatic rings. The van der Waals surface area contributed by atoms with Crippen molar-refractivity contribution in [3.63, 3.8) is 0 Å². The average Bonchev–Trinajstić information content (AvgIpc) is 3.09. The molecule has 0 aliphatic rings. The third kappa shape index (κ3) is 3.48. The highest BCUT2D eigenvalue weighted by molar-refractivity contribution is 7.90. The number of aromatic nitrogens is 1. The molecular weight excluding hydrogens is 409 g/mol. The standard InChI is InChI=1S/C21H18FN3O4S/c1-12-7-8-13-5-4-6-19(20(13)23-12)30(27,28)24-21(26)18-10-14-9-15(22)16(25(2)3)11-17(14)29-18/h4-11H,1-3H3,(H,24,26). The smallest absolute Gasteiger partial charge is 0.300 e. The number of hydrogen-bond donors (Lipinski definition) is 1. The van der Waals surface area contributed by atoms with Gasteiger partial charge in [0.1, 0.15) is 16.3 Å². The number of hydrogen-bond acceptors (Lipinski definition) is 6. The fraction of sp³-hybridized carbons (Fsp3) is 0.143. The fourth-order valence-corrected chi connectivity index (χ4v) is 4.29. The van der Waals surface area contributed by atoms with E-state index in [1.807, 2.05) is 4.72 Å². The van der Waals surface area contributed by atoms with Crippen LogP contribution in [-0.2, 0) is 10.0 Å². The van der Waals surface area contributed by atoms with Crippen molar-refractivity contribution < 1.29 is 22.0 Å². The Morgan fingerprint density at radius 1 is 1.10 bits per heavy atom. The molecule has 0 fully saturated rings. The van der Waals surface area contributed by atoms with Crippen molar-refractivity contribution in [2.24, 2.45) is 0 Å². The molecule has 0 aliphatic carbocycles. The van der Waals surface area contributed by atoms with Crippen LogP contribution in [0.5, 0.6) is 0 Å². The first-order valence-electron chi connectivity index (χ1n) is 8.99. The highest BCUT2D eigenvalue weighted by Gasteiger charge is 2.24. The molecule has 9 heteroatoms. The first kappa shape index (κ1) is 19.8. The summed E-state index contributed by atoms with van der Waals surface area (Å²) in [7, 11) is -0.875. The molecule has 0 bridgehead atoms. The van der Waals surface area contributed by atoms with Crippen LogP contribution in [0, 0.1) is 12.7 Å². The summed E-state index contributed by atoms with van der Waals surface area (Å²) in [6.45, 7) is 1.75. The van der Waals surface area contributed by atoms with Crippen LogP contribution in [0.1, 0.15) is 16.2 Å². The van der Waals surface area contributed by atoms with Gasteiger partial charge in [-0.1, -0.05) is 18.2 Å². The molecule has 0 saturated heterocycles. The van der Waals surface area contributed by atoms with Gasteiger partial charge in [0, 0.05) is 36.6 Å². The van der Waals surface area contributed by atoms with Crippen LogP contribution >= 0.6 is 0 Å². The molecule has 0 aliphatic heterocycles. The van der Waals surface area contributed by atoms with E-state index in [1.54, 1.807) is 50.2 Å². The van der Waals surface area contributed by atoms with Gasteiger partial charge < -0.3 is 9.32 Å². The second kappa shape index (κ2) is 7.10. The number of carbonyl (C=O) groups is 1. The normalized spacial score (nSPS) is 11.7. The number of carbonyl (C=O) groups excluding carboxylic acids is 1. The van der Waals surface area contributed by atoms with Crippen LogP contribution in [0.25, 0.3) is 21.9 Å². The quantitative estimate of drug-likeness (QED) is 0.535. The van der Waals surface area contributed by atoms with E-state index in [-0.39, 0.29) is 27.4 Å². The van der Waals surface area contributed by atoms with Gasteiger partial charge in [-0.05, 0) is 31.2 Å². The van der Waals surface area contributed by atoms with Gasteiger partial charge in [-0.15, -0.1) is 0 Å². The molecule has 0 spiro atoms. The summed E-state index contributed by atoms with van der Waals surface area (Å²) >= 11 is 0. The number of nitrogens with one attached hydrogen (secondary N) is 1. The van der Waals surface area contributed by atoms with Crippen molar-refractivity contribution in [1.29, 1.82) is 0 Å². The van der Waals surface area contributed by atoms with E-state index in [2.05, 4.69) is 4.98 Å². The molecule has 0 unspecified atom stereocenters. The van der Waals surface area contributed by atoms with E-state index in [0.29, 0.717) is 16.5 Å². The van der Waals surface area contributed by atoms with Crippen LogP contribution in [0.3, 0.4) is 0 Å². The first-order valence-corrected chi connectivity index (χ1v) is 10.5. The molecule has 154 valence electrons. The molecule has 2 aromatic heterocycles. The number of benzene rings is 2. The molecule has 0 atom stereocenters. The number of anilines is 1. The number of pyridine rings is 1. The summed E-state index contributed by atoms with van der Waals surface area (Å²) in [6.07, 6.45) is 0. The number of rotatable bonds is 4. The van der Waals surface area contributed by atoms with Crippen molar-refractivity contribution >= 4 is 43.5 Å². The second-order valence-electron chi connectivity index (χ2n) is 7.06. The minimum atomic E-state index is -4.22. The fourth-order valence-electron chi connectivity index (χ4n) is 3.16. The number of fused-ring (bicyclic) bond motifs is 2. The van der Waals surface area contributed by atoms with Crippen LogP contribution in [0.4, 0.5) is 10.1 Å². The van der Waals surface area contributed by atoms with E-state index < -0.39 is 21.7 Å². The zero-order valence-corrected chi connectivity index (χ0v) is 17.2. The van der Waals surface area contributed by atoms with Crippen LogP contribution in [0.2, 0.25) is 0 Å². The van der Waals surface area contributed by atoms with Gasteiger partial charge in [0.15, 0.2) is 5.76 Å². The maximum atomic E-state index is 14.2. The van der Waals surface area contributed by atoms with Crippen LogP contribution in [0.15, 0.2) is 57.8 Å². The Kier molecular flexibility index (Phi) is 4.70. The Morgan fingerprint density at radius 2 is 1.87 bits per heavy atom. The topological polar surface area (TPSA) is 92.5 Å². The average molecular weight is 427 g/mol. The lowest BCUT2D eigenvalue weighted by molar-refractivity contribution is 0.0956. The van der Waals surface area contributed by atoms with E-state index in [4.69, 9.17) is 4.42 Å². The summed E-state index contributed by atoms with van der Waals surface area (Å²) in [5.41, 5.74) is 1.46. The lowest BCUT2D eigenvalue weighted by atomic mass is 10.2. The number of nitrogens with zero attached hydrogens (tertiary/aromatic N) is 2. The summed E-state index contributed by atoms with van der Waals surface area (Å²) < 4.78 is 47.4. The molecule has 1 amide bonds. The van der Waals surface area contributed by atoms with E-state index in [0.717, 1.165) is 0 Å². The van der Waals surface area contributed by atoms with Gasteiger partial charge in [-0.3, -0.25) is 9.78 Å². The highest BCUT2D eigenvalue weighted by Crippen LogP contribution is 2.28. The Labute approximate surface area is 172 Å². The minimum absolute atomic E-state index is 0.117. The lowest BCUT2D eigenvalue weighted by Crippen LogP contribution is -2.30. The number of sulfonamides is 1. The largest absolute Gasteiger partial charge is 0.451 e. The minimum Gasteiger partial charge on any atom is -0.451 e. The summed E-state index contributed by atoms with van der Waals surface area (Å²) in [6, 6.07) is 12.2. The third-order valence-corrected chi connectivity index (χ3v) is 5.99. The number of amides is 1. The van der Waals surface area contributed by atoms with E-state index in [1.165, 1.54) is 24.3 Å². The molecule has 0 saturated carbocycles. The maximum Gasteiger partial charge on any atom is 0.300 e. The van der Waals surface area contributed by atoms with Crippen molar-refractivity contribution in [2.45, 2.75) is 11.8 Å². The maximum absolute atomic E-state index is 14.2. The molecule has 2 aromatic carbocycles. The second-order valence-corrected chi connectivity index (χ2v) is 8.71. The molecule has 4 rings (SSSR count). The van der Waals surface area contributed by atoms with Gasteiger partial charge >= 0.3 is 5.91 Å². The van der Waals surface area contributed by atoms with Crippen molar-refractivity contribution in [3.05, 3.63) is 65.8 Å². The number of para-hydroxylation sites is 1. The van der Waals surface area contributed by atoms with Gasteiger partial charge in [0.05, 0.1) is 11.2 Å². The van der Waals surface area contributed by atoms with Crippen LogP contribution in [-0.4, -0.2) is 33.4 Å². The Morgan fingerprint density at radius 3 is 2.60 bits per heavy atom. The highest BCUT2D eigenvalue weighted by atomic mass is 32.2. The summed E-state index contributed by atoms with van der Waals surface area (Å²) in [5.74, 6) is -1.68. The number of aryl methyl sites for hydroxylation is 1. The van der Waals surface area contributed by atoms with E-state index in [9.17, 15) is 17.6 Å². The van der Waals surface area contributed by atoms with Crippen molar-refractivity contribution in [1.82, 2.24) is 9.71 Å². The molecule has 7 nitrogen and oxygen atoms in total. The molecule has 30 heavy (non-hydrogen) atoms. The van der Waals surface area contributed by atoms with Crippen molar-refractivity contribution in [2.75, 3.05) is 19.0 Å². The SMILES string of the molecule is Cc1ccc2cccc(S(=O)(=O)NC(=O)c3cc4cc(F)c(N(C)C)cc4o3)c2n1. The Balaban J connectivity index is 1.71. The lowest BCUT2D eigenvalue weighted by Gasteiger charge is -2.12. The predicted octanol–water partition coefficient (Wildman–Crippen LogP) is 3.61. The molecule has 0 radical (unpaired) electrons. The summed E-state index contributed by atoms with van der Waals surface area (Å²) in [5, 5.41) is 0.981. The molecule has 2 heterocycles. The molecule has 1 N–H and O–H groups in total. The first-order chi connectivity index (χ1) is 14.2. The monoisotopic (exact) mass is 427 g/mol. The number of furan rings is 1. The van der Waals surface area contributed by atoms with Crippen LogP contribution < -0.4 is 9.62 Å². The van der Waals surface area contributed by atoms with Gasteiger partial charge in [0.2, 0.25) is 0 Å². The molecular formula is C21H18FN3O4S. The van der Waals surface area contributed by atoms with Gasteiger partial charge in [-0.2, -0.15) is 0 Å². The Bertz CT molecular complexity index is 1410. The Hall–Kier alpha value is -3.46. The zero-order chi connectivity index (χ0) is 21.6. The number of halogens is 1. The predicted molar refractivity (Wildman–Crippen MR) is 112 cm³/mol. The van der Waals surface area contributed by atoms with Crippen molar-refractivity contribution in [3.8, 4) is 0 Å². The van der Waals surface area contributed by atoms with Gasteiger partial charge in [0.25, 0.3) is 10.0 Å². The summed E-state index contributed by atoms with van der Waals surface area (Å²) in [4.78, 5) is 18.3. The third-order valence-electron chi connectivity index (χ3n) is 4.63. The van der Waals surface area contributed by atoms with E-state index >= 15 is 0 Å².